The van der Waals surface area contributed by atoms with Crippen molar-refractivity contribution in [3.8, 4) is 22.6 Å². The Morgan fingerprint density at radius 1 is 1.08 bits per heavy atom. The summed E-state index contributed by atoms with van der Waals surface area (Å²) in [5.41, 5.74) is 1.90. The summed E-state index contributed by atoms with van der Waals surface area (Å²) in [4.78, 5) is 36.9. The lowest BCUT2D eigenvalue weighted by atomic mass is 9.90. The van der Waals surface area contributed by atoms with E-state index in [1.54, 1.807) is 18.3 Å². The molecule has 4 heterocycles. The van der Waals surface area contributed by atoms with Crippen LogP contribution in [0.4, 0.5) is 10.3 Å². The van der Waals surface area contributed by atoms with Gasteiger partial charge in [-0.15, -0.1) is 0 Å². The zero-order valence-corrected chi connectivity index (χ0v) is 22.6. The van der Waals surface area contributed by atoms with E-state index in [2.05, 4.69) is 26.8 Å². The fourth-order valence-electron chi connectivity index (χ4n) is 5.07. The first-order valence-corrected chi connectivity index (χ1v) is 13.4. The Hall–Kier alpha value is -3.41. The van der Waals surface area contributed by atoms with Crippen LogP contribution in [0.3, 0.4) is 0 Å². The Kier molecular flexibility index (Phi) is 6.82. The Labute approximate surface area is 227 Å². The lowest BCUT2D eigenvalue weighted by Crippen LogP contribution is -2.55. The third-order valence-electron chi connectivity index (χ3n) is 7.79. The summed E-state index contributed by atoms with van der Waals surface area (Å²) in [5.74, 6) is 0.831. The molecule has 0 spiro atoms. The number of imidazole rings is 1. The first-order chi connectivity index (χ1) is 18.8. The van der Waals surface area contributed by atoms with Crippen LogP contribution < -0.4 is 4.90 Å². The average molecular weight is 536 g/mol. The number of aromatic nitrogens is 4. The highest BCUT2D eigenvalue weighted by Gasteiger charge is 2.43. The van der Waals surface area contributed by atoms with E-state index in [-0.39, 0.29) is 24.9 Å². The van der Waals surface area contributed by atoms with Gasteiger partial charge in [-0.05, 0) is 57.1 Å². The van der Waals surface area contributed by atoms with E-state index in [4.69, 9.17) is 19.4 Å². The first-order valence-electron chi connectivity index (χ1n) is 13.4. The number of rotatable bonds is 6. The molecule has 1 saturated carbocycles. The van der Waals surface area contributed by atoms with Crippen LogP contribution in [-0.4, -0.2) is 95.2 Å². The topological polar surface area (TPSA) is 99.7 Å². The monoisotopic (exact) mass is 535 g/mol. The molecule has 2 saturated heterocycles. The van der Waals surface area contributed by atoms with Crippen LogP contribution >= 0.6 is 0 Å². The number of halogens is 1. The molecule has 1 N–H and O–H groups in total. The van der Waals surface area contributed by atoms with E-state index in [0.717, 1.165) is 31.5 Å². The zero-order valence-electron chi connectivity index (χ0n) is 22.6. The lowest BCUT2D eigenvalue weighted by Gasteiger charge is -2.41. The van der Waals surface area contributed by atoms with Crippen molar-refractivity contribution in [2.45, 2.75) is 32.1 Å². The van der Waals surface area contributed by atoms with Crippen LogP contribution in [-0.2, 0) is 14.3 Å². The van der Waals surface area contributed by atoms with E-state index in [9.17, 15) is 9.18 Å². The highest BCUT2D eigenvalue weighted by atomic mass is 19.1. The van der Waals surface area contributed by atoms with E-state index >= 15 is 0 Å². The highest BCUT2D eigenvalue weighted by Crippen LogP contribution is 2.37. The van der Waals surface area contributed by atoms with Gasteiger partial charge in [0.2, 0.25) is 18.1 Å². The molecule has 1 amide bonds. The molecule has 6 rings (SSSR count). The van der Waals surface area contributed by atoms with Gasteiger partial charge in [-0.3, -0.25) is 4.79 Å². The molecule has 0 unspecified atom stereocenters. The summed E-state index contributed by atoms with van der Waals surface area (Å²) in [5, 5.41) is 0. The summed E-state index contributed by atoms with van der Waals surface area (Å²) in [6.45, 7) is 5.44. The molecule has 0 radical (unpaired) electrons. The molecule has 0 atom stereocenters. The Morgan fingerprint density at radius 2 is 1.77 bits per heavy atom. The first kappa shape index (κ1) is 25.8. The number of likely N-dealkylation sites (N-methyl/N-ethyl adjacent to an activating group) is 1. The van der Waals surface area contributed by atoms with Crippen LogP contribution in [0.1, 0.15) is 31.9 Å². The predicted molar refractivity (Wildman–Crippen MR) is 143 cm³/mol. The number of amides is 1. The number of H-pyrrole nitrogens is 1. The molecule has 1 aliphatic carbocycles. The highest BCUT2D eigenvalue weighted by molar-refractivity contribution is 5.83. The minimum atomic E-state index is -0.776. The van der Waals surface area contributed by atoms with Crippen molar-refractivity contribution in [3.05, 3.63) is 48.2 Å². The van der Waals surface area contributed by atoms with Gasteiger partial charge in [-0.25, -0.2) is 19.3 Å². The van der Waals surface area contributed by atoms with Gasteiger partial charge in [-0.1, -0.05) is 0 Å². The van der Waals surface area contributed by atoms with E-state index in [0.29, 0.717) is 48.0 Å². The number of hydrogen-bond donors (Lipinski definition) is 1. The number of anilines is 1. The number of benzene rings is 1. The predicted octanol–water partition coefficient (Wildman–Crippen LogP) is 3.10. The maximum Gasteiger partial charge on any atom is 0.233 e. The Balaban J connectivity index is 1.26. The molecule has 10 nitrogen and oxygen atoms in total. The average Bonchev–Trinajstić information content (AvgIpc) is 3.72. The van der Waals surface area contributed by atoms with Crippen LogP contribution in [0.25, 0.3) is 22.6 Å². The standard InChI is InChI=1S/C28H34FN7O3/c1-28(26(37)36-14-12-34(2)13-15-36)16-38-25(39-17-28)24-32-22(18-4-6-19(29)7-5-18)23(33-24)21-10-11-30-27(31-21)35(3)20-8-9-20/h4-7,10-11,20,25H,8-9,12-17H2,1-3H3,(H,32,33). The Bertz CT molecular complexity index is 1330. The number of piperazine rings is 1. The maximum absolute atomic E-state index is 13.7. The molecule has 0 bridgehead atoms. The number of nitrogens with one attached hydrogen (secondary N) is 1. The fourth-order valence-corrected chi connectivity index (χ4v) is 5.07. The SMILES string of the molecule is CN1CCN(C(=O)C2(C)COC(c3nc(-c4ccc(F)cc4)c(-c4ccnc(N(C)C5CC5)n4)[nH]3)OC2)CC1. The molecule has 39 heavy (non-hydrogen) atoms. The quantitative estimate of drug-likeness (QED) is 0.514. The van der Waals surface area contributed by atoms with Crippen LogP contribution in [0.5, 0.6) is 0 Å². The van der Waals surface area contributed by atoms with Gasteiger partial charge in [0, 0.05) is 51.0 Å². The molecule has 2 aromatic heterocycles. The van der Waals surface area contributed by atoms with Crippen molar-refractivity contribution in [2.75, 3.05) is 58.4 Å². The minimum absolute atomic E-state index is 0.0504. The molecule has 3 aliphatic rings. The van der Waals surface area contributed by atoms with E-state index in [1.807, 2.05) is 24.9 Å². The van der Waals surface area contributed by atoms with Crippen LogP contribution in [0.2, 0.25) is 0 Å². The summed E-state index contributed by atoms with van der Waals surface area (Å²) < 4.78 is 25.9. The molecule has 3 aromatic rings. The number of hydrogen-bond acceptors (Lipinski definition) is 8. The van der Waals surface area contributed by atoms with Crippen LogP contribution in [0.15, 0.2) is 36.5 Å². The van der Waals surface area contributed by atoms with E-state index in [1.165, 1.54) is 12.1 Å². The molecule has 11 heteroatoms. The number of carbonyl (C=O) groups is 1. The van der Waals surface area contributed by atoms with Crippen molar-refractivity contribution >= 4 is 11.9 Å². The fraction of sp³-hybridized carbons (Fsp3) is 0.500. The minimum Gasteiger partial charge on any atom is -0.345 e. The maximum atomic E-state index is 13.7. The number of aromatic amines is 1. The normalized spacial score (nSPS) is 24.1. The Morgan fingerprint density at radius 3 is 2.44 bits per heavy atom. The second-order valence-electron chi connectivity index (χ2n) is 11.0. The van der Waals surface area contributed by atoms with Crippen molar-refractivity contribution in [3.63, 3.8) is 0 Å². The van der Waals surface area contributed by atoms with Gasteiger partial charge in [0.15, 0.2) is 5.82 Å². The van der Waals surface area contributed by atoms with Gasteiger partial charge in [0.25, 0.3) is 0 Å². The molecular formula is C28H34FN7O3. The molecule has 2 aliphatic heterocycles. The largest absolute Gasteiger partial charge is 0.345 e. The second kappa shape index (κ2) is 10.3. The second-order valence-corrected chi connectivity index (χ2v) is 11.0. The van der Waals surface area contributed by atoms with Crippen molar-refractivity contribution in [1.29, 1.82) is 0 Å². The summed E-state index contributed by atoms with van der Waals surface area (Å²) in [7, 11) is 4.06. The molecule has 1 aromatic carbocycles. The molecular weight excluding hydrogens is 501 g/mol. The third kappa shape index (κ3) is 5.26. The number of carbonyl (C=O) groups excluding carboxylic acids is 1. The number of nitrogens with zero attached hydrogens (tertiary/aromatic N) is 6. The third-order valence-corrected chi connectivity index (χ3v) is 7.79. The van der Waals surface area contributed by atoms with Gasteiger partial charge < -0.3 is 29.2 Å². The van der Waals surface area contributed by atoms with Gasteiger partial charge in [0.1, 0.15) is 5.82 Å². The van der Waals surface area contributed by atoms with Gasteiger partial charge >= 0.3 is 0 Å². The number of ether oxygens (including phenoxy) is 2. The van der Waals surface area contributed by atoms with E-state index < -0.39 is 11.7 Å². The molecule has 206 valence electrons. The smallest absolute Gasteiger partial charge is 0.233 e. The van der Waals surface area contributed by atoms with Crippen LogP contribution in [0, 0.1) is 11.2 Å². The van der Waals surface area contributed by atoms with Gasteiger partial charge in [-0.2, -0.15) is 0 Å². The lowest BCUT2D eigenvalue weighted by molar-refractivity contribution is -0.234. The zero-order chi connectivity index (χ0) is 27.1. The van der Waals surface area contributed by atoms with Crippen molar-refractivity contribution in [2.24, 2.45) is 5.41 Å². The summed E-state index contributed by atoms with van der Waals surface area (Å²) >= 11 is 0. The van der Waals surface area contributed by atoms with Gasteiger partial charge in [0.05, 0.1) is 35.7 Å². The summed E-state index contributed by atoms with van der Waals surface area (Å²) in [6.07, 6.45) is 3.22. The summed E-state index contributed by atoms with van der Waals surface area (Å²) in [6, 6.07) is 8.46. The van der Waals surface area contributed by atoms with Crippen molar-refractivity contribution in [1.82, 2.24) is 29.7 Å². The van der Waals surface area contributed by atoms with Crippen molar-refractivity contribution < 1.29 is 18.7 Å². The molecule has 3 fully saturated rings.